The van der Waals surface area contributed by atoms with Crippen LogP contribution in [0, 0.1) is 11.8 Å². The molecule has 2 amide bonds. The second-order valence-electron chi connectivity index (χ2n) is 7.29. The van der Waals surface area contributed by atoms with Gasteiger partial charge in [0.1, 0.15) is 0 Å². The average Bonchev–Trinajstić information content (AvgIpc) is 2.52. The summed E-state index contributed by atoms with van der Waals surface area (Å²) in [6.07, 6.45) is 0.985. The number of benzene rings is 1. The van der Waals surface area contributed by atoms with Crippen LogP contribution < -0.4 is 5.32 Å². The molecule has 0 spiro atoms. The Kier molecular flexibility index (Phi) is 7.96. The van der Waals surface area contributed by atoms with Crippen molar-refractivity contribution < 1.29 is 9.59 Å². The van der Waals surface area contributed by atoms with Crippen LogP contribution in [-0.4, -0.2) is 29.8 Å². The van der Waals surface area contributed by atoms with Gasteiger partial charge in [-0.1, -0.05) is 58.9 Å². The van der Waals surface area contributed by atoms with Crippen LogP contribution in [0.1, 0.15) is 58.7 Å². The zero-order chi connectivity index (χ0) is 18.3. The molecule has 0 saturated carbocycles. The molecule has 0 bridgehead atoms. The third-order valence-corrected chi connectivity index (χ3v) is 3.89. The lowest BCUT2D eigenvalue weighted by Crippen LogP contribution is -2.46. The van der Waals surface area contributed by atoms with Crippen LogP contribution in [0.15, 0.2) is 24.3 Å². The smallest absolute Gasteiger partial charge is 0.311 e. The molecule has 24 heavy (non-hydrogen) atoms. The largest absolute Gasteiger partial charge is 0.341 e. The number of hydrogen-bond donors (Lipinski definition) is 1. The van der Waals surface area contributed by atoms with E-state index in [-0.39, 0.29) is 6.04 Å². The van der Waals surface area contributed by atoms with Crippen LogP contribution in [-0.2, 0) is 16.0 Å². The van der Waals surface area contributed by atoms with Crippen LogP contribution in [0.2, 0.25) is 0 Å². The Hall–Kier alpha value is -1.84. The Labute approximate surface area is 146 Å². The van der Waals surface area contributed by atoms with E-state index in [1.807, 2.05) is 19.1 Å². The van der Waals surface area contributed by atoms with Crippen molar-refractivity contribution in [2.24, 2.45) is 11.8 Å². The lowest BCUT2D eigenvalue weighted by molar-refractivity contribution is -0.146. The minimum absolute atomic E-state index is 0.188. The summed E-state index contributed by atoms with van der Waals surface area (Å²) in [6, 6.07) is 7.95. The molecule has 0 aliphatic rings. The first-order valence-electron chi connectivity index (χ1n) is 8.93. The molecule has 0 fully saturated rings. The highest BCUT2D eigenvalue weighted by Gasteiger charge is 2.24. The maximum Gasteiger partial charge on any atom is 0.311 e. The first kappa shape index (κ1) is 20.2. The molecule has 1 N–H and O–H groups in total. The molecule has 0 saturated heterocycles. The molecule has 0 aliphatic heterocycles. The van der Waals surface area contributed by atoms with E-state index in [4.69, 9.17) is 0 Å². The van der Waals surface area contributed by atoms with E-state index in [0.717, 1.165) is 12.0 Å². The third-order valence-electron chi connectivity index (χ3n) is 3.89. The predicted octanol–water partition coefficient (Wildman–Crippen LogP) is 3.57. The summed E-state index contributed by atoms with van der Waals surface area (Å²) in [6.45, 7) is 13.4. The van der Waals surface area contributed by atoms with Crippen LogP contribution >= 0.6 is 0 Å². The highest BCUT2D eigenvalue weighted by Crippen LogP contribution is 2.14. The Morgan fingerprint density at radius 2 is 1.46 bits per heavy atom. The van der Waals surface area contributed by atoms with Gasteiger partial charge in [0.05, 0.1) is 6.04 Å². The second-order valence-corrected chi connectivity index (χ2v) is 7.29. The number of amides is 2. The number of rotatable bonds is 7. The van der Waals surface area contributed by atoms with E-state index in [9.17, 15) is 9.59 Å². The molecule has 1 atom stereocenters. The Morgan fingerprint density at radius 3 is 1.88 bits per heavy atom. The highest BCUT2D eigenvalue weighted by atomic mass is 16.2. The van der Waals surface area contributed by atoms with Crippen molar-refractivity contribution in [3.8, 4) is 0 Å². The summed E-state index contributed by atoms with van der Waals surface area (Å²) in [5.74, 6) is -0.295. The number of aryl methyl sites for hydroxylation is 1. The summed E-state index contributed by atoms with van der Waals surface area (Å²) < 4.78 is 0. The molecular formula is C20H32N2O2. The fourth-order valence-electron chi connectivity index (χ4n) is 2.65. The van der Waals surface area contributed by atoms with Gasteiger partial charge >= 0.3 is 11.8 Å². The molecule has 0 radical (unpaired) electrons. The van der Waals surface area contributed by atoms with Crippen molar-refractivity contribution in [3.63, 3.8) is 0 Å². The second kappa shape index (κ2) is 9.45. The zero-order valence-corrected chi connectivity index (χ0v) is 15.9. The number of carbonyl (C=O) groups excluding carboxylic acids is 2. The standard InChI is InChI=1S/C20H32N2O2/c1-7-17-8-10-18(11-9-17)16(6)21-19(23)20(24)22(12-14(2)3)13-15(4)5/h8-11,14-16H,7,12-13H2,1-6H3,(H,21,23). The lowest BCUT2D eigenvalue weighted by Gasteiger charge is -2.26. The molecule has 4 nitrogen and oxygen atoms in total. The average molecular weight is 332 g/mol. The van der Waals surface area contributed by atoms with Gasteiger partial charge in [-0.15, -0.1) is 0 Å². The normalized spacial score (nSPS) is 12.3. The Morgan fingerprint density at radius 1 is 0.958 bits per heavy atom. The number of carbonyl (C=O) groups is 2. The molecule has 0 heterocycles. The van der Waals surface area contributed by atoms with E-state index in [2.05, 4.69) is 52.1 Å². The van der Waals surface area contributed by atoms with Crippen LogP contribution in [0.4, 0.5) is 0 Å². The number of nitrogens with one attached hydrogen (secondary N) is 1. The van der Waals surface area contributed by atoms with Gasteiger partial charge in [-0.3, -0.25) is 9.59 Å². The molecule has 4 heteroatoms. The SMILES string of the molecule is CCc1ccc(C(C)NC(=O)C(=O)N(CC(C)C)CC(C)C)cc1. The van der Waals surface area contributed by atoms with Crippen LogP contribution in [0.5, 0.6) is 0 Å². The topological polar surface area (TPSA) is 49.4 Å². The van der Waals surface area contributed by atoms with Gasteiger partial charge in [-0.05, 0) is 36.3 Å². The summed E-state index contributed by atoms with van der Waals surface area (Å²) in [5, 5.41) is 2.83. The summed E-state index contributed by atoms with van der Waals surface area (Å²) in [4.78, 5) is 26.5. The van der Waals surface area contributed by atoms with Gasteiger partial charge in [-0.25, -0.2) is 0 Å². The molecule has 1 aromatic carbocycles. The highest BCUT2D eigenvalue weighted by molar-refractivity contribution is 6.35. The van der Waals surface area contributed by atoms with E-state index >= 15 is 0 Å². The lowest BCUT2D eigenvalue weighted by atomic mass is 10.0. The van der Waals surface area contributed by atoms with Gasteiger partial charge in [0.2, 0.25) is 0 Å². The fourth-order valence-corrected chi connectivity index (χ4v) is 2.65. The Balaban J connectivity index is 2.73. The number of hydrogen-bond acceptors (Lipinski definition) is 2. The predicted molar refractivity (Wildman–Crippen MR) is 98.6 cm³/mol. The molecule has 0 aliphatic carbocycles. The third kappa shape index (κ3) is 6.34. The van der Waals surface area contributed by atoms with Crippen molar-refractivity contribution in [1.29, 1.82) is 0 Å². The van der Waals surface area contributed by atoms with Crippen LogP contribution in [0.25, 0.3) is 0 Å². The van der Waals surface area contributed by atoms with E-state index in [1.54, 1.807) is 4.90 Å². The van der Waals surface area contributed by atoms with Gasteiger partial charge in [-0.2, -0.15) is 0 Å². The maximum atomic E-state index is 12.5. The molecule has 1 aromatic rings. The van der Waals surface area contributed by atoms with E-state index in [1.165, 1.54) is 5.56 Å². The van der Waals surface area contributed by atoms with Crippen molar-refractivity contribution in [1.82, 2.24) is 10.2 Å². The quantitative estimate of drug-likeness (QED) is 0.776. The summed E-state index contributed by atoms with van der Waals surface area (Å²) in [7, 11) is 0. The van der Waals surface area contributed by atoms with Crippen molar-refractivity contribution >= 4 is 11.8 Å². The first-order valence-corrected chi connectivity index (χ1v) is 8.93. The van der Waals surface area contributed by atoms with Crippen molar-refractivity contribution in [3.05, 3.63) is 35.4 Å². The molecule has 134 valence electrons. The van der Waals surface area contributed by atoms with Gasteiger partial charge in [0, 0.05) is 13.1 Å². The fraction of sp³-hybridized carbons (Fsp3) is 0.600. The summed E-state index contributed by atoms with van der Waals surface area (Å²) in [5.41, 5.74) is 2.26. The summed E-state index contributed by atoms with van der Waals surface area (Å²) >= 11 is 0. The molecule has 0 aromatic heterocycles. The monoisotopic (exact) mass is 332 g/mol. The maximum absolute atomic E-state index is 12.5. The zero-order valence-electron chi connectivity index (χ0n) is 15.9. The molecule has 1 rings (SSSR count). The van der Waals surface area contributed by atoms with E-state index < -0.39 is 11.8 Å². The molecular weight excluding hydrogens is 300 g/mol. The van der Waals surface area contributed by atoms with E-state index in [0.29, 0.717) is 24.9 Å². The minimum atomic E-state index is -0.525. The van der Waals surface area contributed by atoms with Gasteiger partial charge in [0.15, 0.2) is 0 Å². The van der Waals surface area contributed by atoms with Gasteiger partial charge < -0.3 is 10.2 Å². The number of nitrogens with zero attached hydrogens (tertiary/aromatic N) is 1. The first-order chi connectivity index (χ1) is 11.2. The van der Waals surface area contributed by atoms with Crippen LogP contribution in [0.3, 0.4) is 0 Å². The van der Waals surface area contributed by atoms with Gasteiger partial charge in [0.25, 0.3) is 0 Å². The van der Waals surface area contributed by atoms with Crippen molar-refractivity contribution in [2.75, 3.05) is 13.1 Å². The Bertz CT molecular complexity index is 525. The van der Waals surface area contributed by atoms with Crippen molar-refractivity contribution in [2.45, 2.75) is 54.0 Å². The molecule has 1 unspecified atom stereocenters. The minimum Gasteiger partial charge on any atom is -0.341 e.